The van der Waals surface area contributed by atoms with Gasteiger partial charge in [0.25, 0.3) is 0 Å². The first-order valence-corrected chi connectivity index (χ1v) is 8.92. The van der Waals surface area contributed by atoms with Crippen molar-refractivity contribution in [1.29, 1.82) is 0 Å². The van der Waals surface area contributed by atoms with Crippen LogP contribution >= 0.6 is 11.3 Å². The molecule has 0 bridgehead atoms. The molecular weight excluding hydrogens is 334 g/mol. The van der Waals surface area contributed by atoms with Gasteiger partial charge < -0.3 is 15.5 Å². The third-order valence-corrected chi connectivity index (χ3v) is 4.61. The zero-order valence-corrected chi connectivity index (χ0v) is 15.0. The molecule has 0 spiro atoms. The number of rotatable bonds is 6. The van der Waals surface area contributed by atoms with Gasteiger partial charge in [-0.2, -0.15) is 16.4 Å². The Balaban J connectivity index is 1.65. The van der Waals surface area contributed by atoms with Crippen molar-refractivity contribution in [2.75, 3.05) is 26.0 Å². The molecular formula is C18H21N5OS. The van der Waals surface area contributed by atoms with Crippen LogP contribution in [0.3, 0.4) is 0 Å². The molecule has 25 heavy (non-hydrogen) atoms. The van der Waals surface area contributed by atoms with Crippen LogP contribution in [0.15, 0.2) is 59.6 Å². The molecule has 130 valence electrons. The molecule has 0 aliphatic heterocycles. The van der Waals surface area contributed by atoms with E-state index >= 15 is 0 Å². The molecule has 0 saturated carbocycles. The van der Waals surface area contributed by atoms with Crippen LogP contribution in [0.4, 0.5) is 10.5 Å². The molecule has 3 rings (SSSR count). The lowest BCUT2D eigenvalue weighted by Crippen LogP contribution is -2.36. The summed E-state index contributed by atoms with van der Waals surface area (Å²) in [6.45, 7) is 0.527. The second-order valence-corrected chi connectivity index (χ2v) is 6.62. The lowest BCUT2D eigenvalue weighted by molar-refractivity contribution is 0.243. The summed E-state index contributed by atoms with van der Waals surface area (Å²) in [5.74, 6) is 0. The lowest BCUT2D eigenvalue weighted by atomic mass is 10.1. The molecule has 2 amide bonds. The molecule has 0 unspecified atom stereocenters. The van der Waals surface area contributed by atoms with Gasteiger partial charge in [-0.15, -0.1) is 0 Å². The first-order chi connectivity index (χ1) is 12.1. The fourth-order valence-electron chi connectivity index (χ4n) is 2.61. The van der Waals surface area contributed by atoms with Crippen LogP contribution in [-0.4, -0.2) is 41.4 Å². The summed E-state index contributed by atoms with van der Waals surface area (Å²) in [4.78, 5) is 14.5. The van der Waals surface area contributed by atoms with E-state index in [-0.39, 0.29) is 12.1 Å². The predicted octanol–water partition coefficient (Wildman–Crippen LogP) is 3.36. The van der Waals surface area contributed by atoms with E-state index in [1.807, 2.05) is 56.0 Å². The third-order valence-electron chi connectivity index (χ3n) is 3.91. The smallest absolute Gasteiger partial charge is 0.319 e. The van der Waals surface area contributed by atoms with Crippen molar-refractivity contribution < 1.29 is 4.79 Å². The maximum Gasteiger partial charge on any atom is 0.319 e. The van der Waals surface area contributed by atoms with Crippen molar-refractivity contribution in [1.82, 2.24) is 20.0 Å². The highest BCUT2D eigenvalue weighted by Crippen LogP contribution is 2.21. The van der Waals surface area contributed by atoms with Gasteiger partial charge in [0.15, 0.2) is 0 Å². The maximum atomic E-state index is 12.4. The Morgan fingerprint density at radius 1 is 1.28 bits per heavy atom. The van der Waals surface area contributed by atoms with E-state index in [2.05, 4.69) is 32.1 Å². The number of hydrogen-bond donors (Lipinski definition) is 2. The second kappa shape index (κ2) is 7.96. The molecule has 7 heteroatoms. The summed E-state index contributed by atoms with van der Waals surface area (Å²) in [6, 6.07) is 11.4. The Hall–Kier alpha value is -2.64. The quantitative estimate of drug-likeness (QED) is 0.713. The fourth-order valence-corrected chi connectivity index (χ4v) is 3.32. The number of benzene rings is 1. The molecule has 0 fully saturated rings. The maximum absolute atomic E-state index is 12.4. The van der Waals surface area contributed by atoms with E-state index in [0.29, 0.717) is 12.2 Å². The number of nitrogens with zero attached hydrogens (tertiary/aromatic N) is 3. The Labute approximate surface area is 151 Å². The number of carbonyl (C=O) groups is 1. The molecule has 3 aromatic rings. The number of para-hydroxylation sites is 2. The van der Waals surface area contributed by atoms with E-state index in [4.69, 9.17) is 0 Å². The summed E-state index contributed by atoms with van der Waals surface area (Å²) in [5, 5.41) is 14.2. The van der Waals surface area contributed by atoms with Crippen molar-refractivity contribution in [2.45, 2.75) is 6.04 Å². The molecule has 0 aliphatic rings. The molecule has 2 aromatic heterocycles. The van der Waals surface area contributed by atoms with Gasteiger partial charge in [0, 0.05) is 18.9 Å². The lowest BCUT2D eigenvalue weighted by Gasteiger charge is -2.24. The predicted molar refractivity (Wildman–Crippen MR) is 101 cm³/mol. The first-order valence-electron chi connectivity index (χ1n) is 7.97. The topological polar surface area (TPSA) is 62.2 Å². The van der Waals surface area contributed by atoms with Crippen molar-refractivity contribution in [2.24, 2.45) is 0 Å². The number of hydrogen-bond acceptors (Lipinski definition) is 4. The molecule has 0 aliphatic carbocycles. The monoisotopic (exact) mass is 355 g/mol. The van der Waals surface area contributed by atoms with E-state index in [1.54, 1.807) is 22.2 Å². The van der Waals surface area contributed by atoms with Crippen LogP contribution in [0, 0.1) is 0 Å². The van der Waals surface area contributed by atoms with Gasteiger partial charge in [-0.1, -0.05) is 12.1 Å². The number of anilines is 1. The average Bonchev–Trinajstić information content (AvgIpc) is 3.29. The van der Waals surface area contributed by atoms with Gasteiger partial charge in [0.2, 0.25) is 0 Å². The van der Waals surface area contributed by atoms with Gasteiger partial charge in [-0.25, -0.2) is 9.48 Å². The minimum atomic E-state index is -0.235. The number of likely N-dealkylation sites (N-methyl/N-ethyl adjacent to an activating group) is 1. The molecule has 0 radical (unpaired) electrons. The van der Waals surface area contributed by atoms with E-state index < -0.39 is 0 Å². The number of amides is 2. The van der Waals surface area contributed by atoms with Crippen molar-refractivity contribution in [3.05, 3.63) is 65.1 Å². The Kier molecular flexibility index (Phi) is 5.47. The third kappa shape index (κ3) is 4.26. The van der Waals surface area contributed by atoms with Crippen LogP contribution in [0.1, 0.15) is 11.6 Å². The molecule has 0 saturated heterocycles. The van der Waals surface area contributed by atoms with Gasteiger partial charge in [0.1, 0.15) is 0 Å². The largest absolute Gasteiger partial charge is 0.336 e. The van der Waals surface area contributed by atoms with Crippen molar-refractivity contribution in [3.63, 3.8) is 0 Å². The molecule has 6 nitrogen and oxygen atoms in total. The SMILES string of the molecule is CN(C)[C@@H](CNC(=O)Nc1ccccc1-n1cccn1)c1ccsc1. The number of thiophene rings is 1. The van der Waals surface area contributed by atoms with Crippen LogP contribution in [0.25, 0.3) is 5.69 Å². The van der Waals surface area contributed by atoms with Crippen molar-refractivity contribution in [3.8, 4) is 5.69 Å². The van der Waals surface area contributed by atoms with E-state index in [1.165, 1.54) is 5.56 Å². The summed E-state index contributed by atoms with van der Waals surface area (Å²) in [5.41, 5.74) is 2.73. The Morgan fingerprint density at radius 2 is 2.12 bits per heavy atom. The van der Waals surface area contributed by atoms with E-state index in [0.717, 1.165) is 5.69 Å². The number of urea groups is 1. The van der Waals surface area contributed by atoms with E-state index in [9.17, 15) is 4.79 Å². The van der Waals surface area contributed by atoms with Gasteiger partial charge >= 0.3 is 6.03 Å². The second-order valence-electron chi connectivity index (χ2n) is 5.84. The highest BCUT2D eigenvalue weighted by molar-refractivity contribution is 7.07. The van der Waals surface area contributed by atoms with Gasteiger partial charge in [-0.05, 0) is 54.7 Å². The standard InChI is InChI=1S/C18H21N5OS/c1-22(2)17(14-8-11-25-13-14)12-19-18(24)21-15-6-3-4-7-16(15)23-10-5-9-20-23/h3-11,13,17H,12H2,1-2H3,(H2,19,21,24)/t17-/m0/s1. The summed E-state index contributed by atoms with van der Waals surface area (Å²) in [6.07, 6.45) is 3.55. The van der Waals surface area contributed by atoms with Crippen LogP contribution in [0.5, 0.6) is 0 Å². The fraction of sp³-hybridized carbons (Fsp3) is 0.222. The molecule has 2 N–H and O–H groups in total. The summed E-state index contributed by atoms with van der Waals surface area (Å²) >= 11 is 1.66. The highest BCUT2D eigenvalue weighted by Gasteiger charge is 2.16. The molecule has 1 aromatic carbocycles. The first kappa shape index (κ1) is 17.2. The Bertz CT molecular complexity index is 799. The normalized spacial score (nSPS) is 12.1. The van der Waals surface area contributed by atoms with Crippen LogP contribution < -0.4 is 10.6 Å². The summed E-state index contributed by atoms with van der Waals surface area (Å²) < 4.78 is 1.73. The van der Waals surface area contributed by atoms with Crippen LogP contribution in [-0.2, 0) is 0 Å². The molecule has 1 atom stereocenters. The number of carbonyl (C=O) groups excluding carboxylic acids is 1. The molecule has 2 heterocycles. The Morgan fingerprint density at radius 3 is 2.80 bits per heavy atom. The minimum Gasteiger partial charge on any atom is -0.336 e. The average molecular weight is 355 g/mol. The number of nitrogens with one attached hydrogen (secondary N) is 2. The highest BCUT2D eigenvalue weighted by atomic mass is 32.1. The minimum absolute atomic E-state index is 0.137. The van der Waals surface area contributed by atoms with Gasteiger partial charge in [-0.3, -0.25) is 0 Å². The van der Waals surface area contributed by atoms with Crippen molar-refractivity contribution >= 4 is 23.1 Å². The van der Waals surface area contributed by atoms with Crippen LogP contribution in [0.2, 0.25) is 0 Å². The zero-order valence-electron chi connectivity index (χ0n) is 14.2. The van der Waals surface area contributed by atoms with Gasteiger partial charge in [0.05, 0.1) is 17.4 Å². The number of aromatic nitrogens is 2. The summed E-state index contributed by atoms with van der Waals surface area (Å²) in [7, 11) is 4.02. The zero-order chi connectivity index (χ0) is 17.6.